The van der Waals surface area contributed by atoms with E-state index in [2.05, 4.69) is 36.5 Å². The SMILES string of the molecule is COC(=O)[C@H](Cc1ccccc1)NC(=O)Cn1cc(CN2CCCNCCNCCCNCC2)nn1.[Ni]. The van der Waals surface area contributed by atoms with Gasteiger partial charge in [-0.1, -0.05) is 35.5 Å². The zero-order valence-corrected chi connectivity index (χ0v) is 22.6. The summed E-state index contributed by atoms with van der Waals surface area (Å²) >= 11 is 0. The van der Waals surface area contributed by atoms with E-state index in [0.717, 1.165) is 76.5 Å². The molecular weight excluding hydrogens is 519 g/mol. The fourth-order valence-electron chi connectivity index (χ4n) is 4.11. The van der Waals surface area contributed by atoms with E-state index in [0.29, 0.717) is 13.0 Å². The van der Waals surface area contributed by atoms with Crippen LogP contribution < -0.4 is 21.3 Å². The number of amides is 1. The number of aromatic nitrogens is 3. The topological polar surface area (TPSA) is 125 Å². The molecule has 4 N–H and O–H groups in total. The molecular formula is C25H40N8NiO3. The van der Waals surface area contributed by atoms with Crippen LogP contribution in [0.4, 0.5) is 0 Å². The normalized spacial score (nSPS) is 17.1. The van der Waals surface area contributed by atoms with E-state index in [1.807, 2.05) is 30.3 Å². The molecule has 37 heavy (non-hydrogen) atoms. The summed E-state index contributed by atoms with van der Waals surface area (Å²) in [5.41, 5.74) is 1.75. The number of hydrogen-bond donors (Lipinski definition) is 4. The number of methoxy groups -OCH3 is 1. The first-order valence-electron chi connectivity index (χ1n) is 12.8. The number of carbonyl (C=O) groups excluding carboxylic acids is 2. The molecule has 208 valence electrons. The van der Waals surface area contributed by atoms with Gasteiger partial charge in [0.1, 0.15) is 12.6 Å². The van der Waals surface area contributed by atoms with E-state index in [1.165, 1.54) is 11.8 Å². The average Bonchev–Trinajstić information content (AvgIpc) is 3.32. The second-order valence-electron chi connectivity index (χ2n) is 8.97. The smallest absolute Gasteiger partial charge is 0.328 e. The van der Waals surface area contributed by atoms with Gasteiger partial charge in [0.15, 0.2) is 0 Å². The van der Waals surface area contributed by atoms with Gasteiger partial charge in [-0.2, -0.15) is 0 Å². The average molecular weight is 559 g/mol. The Morgan fingerprint density at radius 3 is 2.43 bits per heavy atom. The molecule has 0 saturated carbocycles. The summed E-state index contributed by atoms with van der Waals surface area (Å²) in [6.45, 7) is 8.41. The maximum absolute atomic E-state index is 12.7. The fraction of sp³-hybridized carbons (Fsp3) is 0.600. The van der Waals surface area contributed by atoms with Crippen molar-refractivity contribution in [2.24, 2.45) is 0 Å². The Hall–Kier alpha value is -2.37. The van der Waals surface area contributed by atoms with Gasteiger partial charge in [0.25, 0.3) is 0 Å². The number of carbonyl (C=O) groups is 2. The number of ether oxygens (including phenoxy) is 1. The van der Waals surface area contributed by atoms with Crippen molar-refractivity contribution in [3.8, 4) is 0 Å². The molecule has 1 aliphatic rings. The minimum Gasteiger partial charge on any atom is -0.467 e. The van der Waals surface area contributed by atoms with E-state index in [9.17, 15) is 9.59 Å². The molecule has 1 aromatic carbocycles. The summed E-state index contributed by atoms with van der Waals surface area (Å²) in [6, 6.07) is 8.76. The molecule has 2 aromatic rings. The van der Waals surface area contributed by atoms with Crippen LogP contribution in [0.15, 0.2) is 36.5 Å². The van der Waals surface area contributed by atoms with Crippen molar-refractivity contribution in [1.29, 1.82) is 0 Å². The first kappa shape index (κ1) is 30.9. The molecule has 1 saturated heterocycles. The molecule has 0 radical (unpaired) electrons. The van der Waals surface area contributed by atoms with Crippen molar-refractivity contribution in [1.82, 2.24) is 41.2 Å². The fourth-order valence-corrected chi connectivity index (χ4v) is 4.11. The van der Waals surface area contributed by atoms with E-state index in [1.54, 1.807) is 6.20 Å². The van der Waals surface area contributed by atoms with E-state index in [-0.39, 0.29) is 28.9 Å². The summed E-state index contributed by atoms with van der Waals surface area (Å²) in [6.07, 6.45) is 4.31. The number of esters is 1. The zero-order valence-electron chi connectivity index (χ0n) is 21.6. The maximum atomic E-state index is 12.7. The summed E-state index contributed by atoms with van der Waals surface area (Å²) in [5.74, 6) is -0.798. The molecule has 1 aliphatic heterocycles. The molecule has 11 nitrogen and oxygen atoms in total. The van der Waals surface area contributed by atoms with Gasteiger partial charge >= 0.3 is 5.97 Å². The third-order valence-corrected chi connectivity index (χ3v) is 6.00. The third-order valence-electron chi connectivity index (χ3n) is 6.00. The van der Waals surface area contributed by atoms with Gasteiger partial charge in [0.05, 0.1) is 19.0 Å². The van der Waals surface area contributed by atoms with Gasteiger partial charge in [-0.15, -0.1) is 5.10 Å². The van der Waals surface area contributed by atoms with Crippen LogP contribution in [0.2, 0.25) is 0 Å². The Kier molecular flexibility index (Phi) is 15.0. The van der Waals surface area contributed by atoms with Crippen LogP contribution in [0.3, 0.4) is 0 Å². The molecule has 1 atom stereocenters. The van der Waals surface area contributed by atoms with Crippen LogP contribution in [0.5, 0.6) is 0 Å². The van der Waals surface area contributed by atoms with Crippen LogP contribution >= 0.6 is 0 Å². The number of nitrogens with one attached hydrogen (secondary N) is 4. The standard InChI is InChI=1S/C25H40N8O3.Ni/c1-36-25(35)23(17-21-7-3-2-4-8-21)29-24(34)20-33-19-22(30-31-33)18-32-15-6-11-27-13-12-26-9-5-10-28-14-16-32;/h2-4,7-8,19,23,26-28H,5-6,9-18,20H2,1H3,(H,29,34);/t23-;/m0./s1. The second kappa shape index (κ2) is 18.0. The quantitative estimate of drug-likeness (QED) is 0.251. The molecule has 12 heteroatoms. The van der Waals surface area contributed by atoms with E-state index >= 15 is 0 Å². The van der Waals surface area contributed by atoms with Crippen LogP contribution in [0, 0.1) is 0 Å². The Morgan fingerprint density at radius 2 is 1.70 bits per heavy atom. The van der Waals surface area contributed by atoms with Gasteiger partial charge in [-0.05, 0) is 44.6 Å². The maximum Gasteiger partial charge on any atom is 0.328 e. The number of nitrogens with zero attached hydrogens (tertiary/aromatic N) is 4. The third kappa shape index (κ3) is 12.1. The molecule has 1 fully saturated rings. The Balaban J connectivity index is 0.00000481. The molecule has 1 aromatic heterocycles. The number of rotatable bonds is 8. The largest absolute Gasteiger partial charge is 0.467 e. The Labute approximate surface area is 229 Å². The monoisotopic (exact) mass is 558 g/mol. The van der Waals surface area contributed by atoms with Gasteiger partial charge in [-0.3, -0.25) is 9.69 Å². The molecule has 0 spiro atoms. The van der Waals surface area contributed by atoms with E-state index < -0.39 is 12.0 Å². The molecule has 0 aliphatic carbocycles. The molecule has 3 rings (SSSR count). The summed E-state index contributed by atoms with van der Waals surface area (Å²) in [4.78, 5) is 27.2. The van der Waals surface area contributed by atoms with Crippen molar-refractivity contribution in [2.75, 3.05) is 59.5 Å². The van der Waals surface area contributed by atoms with Crippen molar-refractivity contribution >= 4 is 11.9 Å². The second-order valence-corrected chi connectivity index (χ2v) is 8.97. The Bertz CT molecular complexity index is 900. The molecule has 0 unspecified atom stereocenters. The van der Waals surface area contributed by atoms with Crippen LogP contribution in [0.25, 0.3) is 0 Å². The van der Waals surface area contributed by atoms with Crippen LogP contribution in [-0.4, -0.2) is 97.3 Å². The minimum absolute atomic E-state index is 0. The van der Waals surface area contributed by atoms with E-state index in [4.69, 9.17) is 4.74 Å². The minimum atomic E-state index is -0.763. The van der Waals surface area contributed by atoms with Gasteiger partial charge < -0.3 is 26.0 Å². The van der Waals surface area contributed by atoms with Crippen molar-refractivity contribution < 1.29 is 30.8 Å². The molecule has 2 heterocycles. The molecule has 0 bridgehead atoms. The van der Waals surface area contributed by atoms with Crippen molar-refractivity contribution in [3.63, 3.8) is 0 Å². The number of hydrogen-bond acceptors (Lipinski definition) is 9. The zero-order chi connectivity index (χ0) is 25.4. The van der Waals surface area contributed by atoms with Crippen molar-refractivity contribution in [3.05, 3.63) is 47.8 Å². The van der Waals surface area contributed by atoms with Gasteiger partial charge in [0, 0.05) is 55.6 Å². The summed E-state index contributed by atoms with van der Waals surface area (Å²) in [5, 5.41) is 21.6. The Morgan fingerprint density at radius 1 is 1.00 bits per heavy atom. The van der Waals surface area contributed by atoms with Crippen LogP contribution in [0.1, 0.15) is 24.1 Å². The first-order valence-corrected chi connectivity index (χ1v) is 12.8. The molecule has 1 amide bonds. The predicted octanol–water partition coefficient (Wildman–Crippen LogP) is -0.459. The first-order chi connectivity index (χ1) is 17.6. The van der Waals surface area contributed by atoms with Crippen LogP contribution in [-0.2, 0) is 50.3 Å². The van der Waals surface area contributed by atoms with Gasteiger partial charge in [-0.25, -0.2) is 9.48 Å². The summed E-state index contributed by atoms with van der Waals surface area (Å²) in [7, 11) is 1.32. The summed E-state index contributed by atoms with van der Waals surface area (Å²) < 4.78 is 6.39. The van der Waals surface area contributed by atoms with Crippen molar-refractivity contribution in [2.45, 2.75) is 38.4 Å². The number of benzene rings is 1. The predicted molar refractivity (Wildman–Crippen MR) is 137 cm³/mol. The van der Waals surface area contributed by atoms with Gasteiger partial charge in [0.2, 0.25) is 5.91 Å².